The molecule has 1 heterocycles. The van der Waals surface area contributed by atoms with Crippen LogP contribution in [0.5, 0.6) is 0 Å². The van der Waals surface area contributed by atoms with Crippen LogP contribution >= 0.6 is 11.3 Å². The zero-order valence-electron chi connectivity index (χ0n) is 5.72. The van der Waals surface area contributed by atoms with E-state index in [4.69, 9.17) is 5.11 Å². The Morgan fingerprint density at radius 3 is 2.56 bits per heavy atom. The van der Waals surface area contributed by atoms with Crippen molar-refractivity contribution >= 4 is 40.9 Å². The van der Waals surface area contributed by atoms with E-state index >= 15 is 0 Å². The van der Waals surface area contributed by atoms with Crippen LogP contribution < -0.4 is 0 Å². The van der Waals surface area contributed by atoms with Gasteiger partial charge in [0.2, 0.25) is 0 Å². The Bertz CT molecular complexity index is 173. The van der Waals surface area contributed by atoms with Crippen LogP contribution in [0.2, 0.25) is 0 Å². The van der Waals surface area contributed by atoms with Crippen LogP contribution in [0.1, 0.15) is 10.4 Å². The van der Waals surface area contributed by atoms with Gasteiger partial charge in [-0.2, -0.15) is 0 Å². The summed E-state index contributed by atoms with van der Waals surface area (Å²) in [6.45, 7) is 2.19. The molecule has 0 fully saturated rings. The summed E-state index contributed by atoms with van der Waals surface area (Å²) in [4.78, 5) is 1.07. The number of aryl methyl sites for hydroxylation is 1. The van der Waals surface area contributed by atoms with Crippen molar-refractivity contribution in [1.82, 2.24) is 0 Å². The Hall–Kier alpha value is 0.660. The minimum Gasteiger partial charge on any atom is -0.391 e. The largest absolute Gasteiger partial charge is 0.391 e. The van der Waals surface area contributed by atoms with Crippen molar-refractivity contribution in [3.63, 3.8) is 0 Å². The molecule has 0 saturated carbocycles. The van der Waals surface area contributed by atoms with Crippen LogP contribution in [-0.4, -0.2) is 34.7 Å². The quantitative estimate of drug-likeness (QED) is 0.597. The molecule has 1 aromatic rings. The second-order valence-electron chi connectivity index (χ2n) is 1.68. The van der Waals surface area contributed by atoms with Gasteiger partial charge < -0.3 is 5.11 Å². The summed E-state index contributed by atoms with van der Waals surface area (Å²) < 4.78 is 0. The predicted molar refractivity (Wildman–Crippen MR) is 40.7 cm³/mol. The van der Waals surface area contributed by atoms with Gasteiger partial charge in [0.1, 0.15) is 0 Å². The Kier molecular flexibility index (Phi) is 4.80. The second-order valence-corrected chi connectivity index (χ2v) is 2.69. The van der Waals surface area contributed by atoms with Gasteiger partial charge in [-0.1, -0.05) is 0 Å². The summed E-state index contributed by atoms with van der Waals surface area (Å²) in [5, 5.41) is 10.6. The van der Waals surface area contributed by atoms with E-state index < -0.39 is 0 Å². The Labute approximate surface area is 81.0 Å². The standard InChI is InChI=1S/C6H8OS.Na/c1-5-2-3-8-6(5)4-7;/h2-3,7H,4H2,1H3;. The molecule has 0 spiro atoms. The molecule has 0 atom stereocenters. The molecule has 3 heteroatoms. The van der Waals surface area contributed by atoms with E-state index in [0.717, 1.165) is 4.88 Å². The van der Waals surface area contributed by atoms with Gasteiger partial charge in [-0.25, -0.2) is 0 Å². The SMILES string of the molecule is Cc1ccsc1CO.[Na]. The third-order valence-electron chi connectivity index (χ3n) is 1.11. The molecule has 0 aromatic carbocycles. The van der Waals surface area contributed by atoms with Crippen molar-refractivity contribution in [2.45, 2.75) is 13.5 Å². The van der Waals surface area contributed by atoms with Crippen molar-refractivity contribution in [2.24, 2.45) is 0 Å². The summed E-state index contributed by atoms with van der Waals surface area (Å²) in [5.41, 5.74) is 1.19. The van der Waals surface area contributed by atoms with Gasteiger partial charge in [-0.15, -0.1) is 11.3 Å². The first-order valence-corrected chi connectivity index (χ1v) is 3.36. The van der Waals surface area contributed by atoms with Crippen molar-refractivity contribution in [3.05, 3.63) is 21.9 Å². The first-order valence-electron chi connectivity index (χ1n) is 2.48. The fourth-order valence-electron chi connectivity index (χ4n) is 0.566. The van der Waals surface area contributed by atoms with Gasteiger partial charge in [0, 0.05) is 34.4 Å². The molecule has 0 saturated heterocycles. The molecule has 0 amide bonds. The number of rotatable bonds is 1. The van der Waals surface area contributed by atoms with Gasteiger partial charge in [0.15, 0.2) is 0 Å². The maximum atomic E-state index is 8.62. The maximum Gasteiger partial charge on any atom is 0.0777 e. The summed E-state index contributed by atoms with van der Waals surface area (Å²) in [6.07, 6.45) is 0. The molecule has 1 radical (unpaired) electrons. The Balaban J connectivity index is 0.000000640. The van der Waals surface area contributed by atoms with Crippen LogP contribution in [0.4, 0.5) is 0 Å². The molecule has 0 aliphatic rings. The van der Waals surface area contributed by atoms with Crippen LogP contribution in [0, 0.1) is 6.92 Å². The van der Waals surface area contributed by atoms with Gasteiger partial charge >= 0.3 is 0 Å². The fraction of sp³-hybridized carbons (Fsp3) is 0.333. The van der Waals surface area contributed by atoms with Crippen molar-refractivity contribution in [3.8, 4) is 0 Å². The van der Waals surface area contributed by atoms with Crippen LogP contribution in [0.3, 0.4) is 0 Å². The molecule has 9 heavy (non-hydrogen) atoms. The number of hydrogen-bond donors (Lipinski definition) is 1. The molecule has 0 unspecified atom stereocenters. The molecule has 0 bridgehead atoms. The van der Waals surface area contributed by atoms with Crippen molar-refractivity contribution < 1.29 is 5.11 Å². The average molecular weight is 151 g/mol. The number of aliphatic hydroxyl groups excluding tert-OH is 1. The molecule has 0 aliphatic heterocycles. The van der Waals surface area contributed by atoms with E-state index in [1.807, 2.05) is 18.4 Å². The fourth-order valence-corrected chi connectivity index (χ4v) is 1.33. The molecule has 1 rings (SSSR count). The van der Waals surface area contributed by atoms with E-state index in [1.165, 1.54) is 5.56 Å². The molecule has 45 valence electrons. The minimum atomic E-state index is 0. The summed E-state index contributed by atoms with van der Waals surface area (Å²) in [6, 6.07) is 2.01. The summed E-state index contributed by atoms with van der Waals surface area (Å²) in [7, 11) is 0. The van der Waals surface area contributed by atoms with E-state index in [2.05, 4.69) is 0 Å². The second kappa shape index (κ2) is 4.47. The van der Waals surface area contributed by atoms with Gasteiger partial charge in [-0.3, -0.25) is 0 Å². The Morgan fingerprint density at radius 1 is 1.67 bits per heavy atom. The third kappa shape index (κ3) is 2.40. The van der Waals surface area contributed by atoms with Crippen molar-refractivity contribution in [1.29, 1.82) is 0 Å². The number of hydrogen-bond acceptors (Lipinski definition) is 2. The first-order chi connectivity index (χ1) is 3.84. The maximum absolute atomic E-state index is 8.62. The van der Waals surface area contributed by atoms with Crippen LogP contribution in [-0.2, 0) is 6.61 Å². The topological polar surface area (TPSA) is 20.2 Å². The molecule has 1 aromatic heterocycles. The average Bonchev–Trinajstić information content (AvgIpc) is 2.14. The molecule has 1 N–H and O–H groups in total. The van der Waals surface area contributed by atoms with E-state index in [1.54, 1.807) is 11.3 Å². The number of thiophene rings is 1. The smallest absolute Gasteiger partial charge is 0.0777 e. The number of aliphatic hydroxyl groups is 1. The molecular weight excluding hydrogens is 143 g/mol. The molecule has 1 nitrogen and oxygen atoms in total. The molecule has 0 aliphatic carbocycles. The monoisotopic (exact) mass is 151 g/mol. The zero-order chi connectivity index (χ0) is 5.98. The predicted octanol–water partition coefficient (Wildman–Crippen LogP) is 1.17. The van der Waals surface area contributed by atoms with E-state index in [-0.39, 0.29) is 36.2 Å². The van der Waals surface area contributed by atoms with E-state index in [9.17, 15) is 0 Å². The molecular formula is C6H8NaOS. The minimum absolute atomic E-state index is 0. The van der Waals surface area contributed by atoms with Gasteiger partial charge in [0.25, 0.3) is 0 Å². The summed E-state index contributed by atoms with van der Waals surface area (Å²) in [5.74, 6) is 0. The van der Waals surface area contributed by atoms with Gasteiger partial charge in [-0.05, 0) is 23.9 Å². The third-order valence-corrected chi connectivity index (χ3v) is 2.12. The zero-order valence-corrected chi connectivity index (χ0v) is 8.53. The normalized spacial score (nSPS) is 8.67. The Morgan fingerprint density at radius 2 is 2.33 bits per heavy atom. The van der Waals surface area contributed by atoms with Gasteiger partial charge in [0.05, 0.1) is 6.61 Å². The van der Waals surface area contributed by atoms with Crippen LogP contribution in [0.25, 0.3) is 0 Å². The first kappa shape index (κ1) is 9.66. The van der Waals surface area contributed by atoms with Crippen molar-refractivity contribution in [2.75, 3.05) is 0 Å². The van der Waals surface area contributed by atoms with E-state index in [0.29, 0.717) is 0 Å². The van der Waals surface area contributed by atoms with Crippen LogP contribution in [0.15, 0.2) is 11.4 Å². The summed E-state index contributed by atoms with van der Waals surface area (Å²) >= 11 is 1.60.